The van der Waals surface area contributed by atoms with Gasteiger partial charge in [0, 0.05) is 31.1 Å². The minimum Gasteiger partial charge on any atom is -0.480 e. The number of amides is 1. The van der Waals surface area contributed by atoms with Crippen molar-refractivity contribution in [3.8, 4) is 0 Å². The van der Waals surface area contributed by atoms with E-state index in [4.69, 9.17) is 4.84 Å². The number of pyridine rings is 1. The molecule has 2 atom stereocenters. The summed E-state index contributed by atoms with van der Waals surface area (Å²) in [5.74, 6) is -1.21. The number of carbonyl (C=O) groups excluding carboxylic acids is 1. The van der Waals surface area contributed by atoms with E-state index in [1.807, 2.05) is 18.2 Å². The molecule has 2 aromatic carbocycles. The number of nitrogens with one attached hydrogen (secondary N) is 3. The van der Waals surface area contributed by atoms with Crippen molar-refractivity contribution < 1.29 is 28.0 Å². The number of carboxylic acid groups (broad SMARTS) is 1. The summed E-state index contributed by atoms with van der Waals surface area (Å²) in [6.07, 6.45) is 4.20. The molecule has 0 fully saturated rings. The van der Waals surface area contributed by atoms with Gasteiger partial charge in [-0.3, -0.25) is 9.59 Å². The van der Waals surface area contributed by atoms with Gasteiger partial charge in [0.15, 0.2) is 0 Å². The Hall–Kier alpha value is -4.03. The quantitative estimate of drug-likeness (QED) is 0.241. The van der Waals surface area contributed by atoms with Gasteiger partial charge in [-0.15, -0.1) is 0 Å². The maximum atomic E-state index is 13.0. The van der Waals surface area contributed by atoms with E-state index in [1.165, 1.54) is 6.07 Å². The van der Waals surface area contributed by atoms with Gasteiger partial charge < -0.3 is 20.6 Å². The zero-order chi connectivity index (χ0) is 27.0. The van der Waals surface area contributed by atoms with Crippen LogP contribution in [0.2, 0.25) is 0 Å². The first-order valence-corrected chi connectivity index (χ1v) is 13.7. The van der Waals surface area contributed by atoms with Gasteiger partial charge in [-0.1, -0.05) is 47.6 Å². The Balaban J connectivity index is 1.24. The molecule has 0 saturated carbocycles. The number of hydrogen-bond donors (Lipinski definition) is 4. The molecule has 0 saturated heterocycles. The van der Waals surface area contributed by atoms with Crippen molar-refractivity contribution in [2.24, 2.45) is 5.16 Å². The van der Waals surface area contributed by atoms with Crippen LogP contribution < -0.4 is 15.4 Å². The van der Waals surface area contributed by atoms with Gasteiger partial charge in [-0.2, -0.15) is 4.72 Å². The summed E-state index contributed by atoms with van der Waals surface area (Å²) in [7, 11) is -4.19. The zero-order valence-corrected chi connectivity index (χ0v) is 21.4. The lowest BCUT2D eigenvalue weighted by Gasteiger charge is -2.16. The van der Waals surface area contributed by atoms with E-state index in [9.17, 15) is 23.1 Å². The first kappa shape index (κ1) is 27.0. The van der Waals surface area contributed by atoms with Gasteiger partial charge in [-0.25, -0.2) is 13.4 Å². The third-order valence-corrected chi connectivity index (χ3v) is 7.55. The first-order chi connectivity index (χ1) is 18.3. The second-order valence-corrected chi connectivity index (χ2v) is 10.5. The number of anilines is 1. The molecule has 4 N–H and O–H groups in total. The minimum atomic E-state index is -4.19. The number of unbranched alkanes of at least 4 members (excludes halogenated alkanes) is 1. The van der Waals surface area contributed by atoms with Gasteiger partial charge in [0.25, 0.3) is 5.91 Å². The number of aliphatic carboxylic acids is 1. The zero-order valence-electron chi connectivity index (χ0n) is 20.5. The van der Waals surface area contributed by atoms with Crippen LogP contribution >= 0.6 is 0 Å². The van der Waals surface area contributed by atoms with Crippen molar-refractivity contribution >= 4 is 44.2 Å². The number of carbonyl (C=O) groups is 2. The fraction of sp³-hybridized carbons (Fsp3) is 0.308. The van der Waals surface area contributed by atoms with Crippen LogP contribution in [0.1, 0.15) is 25.7 Å². The van der Waals surface area contributed by atoms with E-state index in [1.54, 1.807) is 42.6 Å². The predicted molar refractivity (Wildman–Crippen MR) is 142 cm³/mol. The number of rotatable bonds is 13. The van der Waals surface area contributed by atoms with Crippen molar-refractivity contribution in [1.82, 2.24) is 15.0 Å². The van der Waals surface area contributed by atoms with Crippen molar-refractivity contribution in [2.45, 2.75) is 42.7 Å². The Bertz CT molecular complexity index is 1410. The highest BCUT2D eigenvalue weighted by Gasteiger charge is 2.30. The highest BCUT2D eigenvalue weighted by Crippen LogP contribution is 2.23. The molecule has 38 heavy (non-hydrogen) atoms. The minimum absolute atomic E-state index is 0.0418. The van der Waals surface area contributed by atoms with Crippen LogP contribution in [0.4, 0.5) is 5.82 Å². The van der Waals surface area contributed by atoms with Crippen LogP contribution in [0.3, 0.4) is 0 Å². The first-order valence-electron chi connectivity index (χ1n) is 12.2. The number of fused-ring (bicyclic) bond motifs is 1. The molecule has 1 aliphatic heterocycles. The summed E-state index contributed by atoms with van der Waals surface area (Å²) in [6, 6.07) is 15.7. The number of oxime groups is 1. The average molecular weight is 540 g/mol. The Morgan fingerprint density at radius 3 is 2.63 bits per heavy atom. The summed E-state index contributed by atoms with van der Waals surface area (Å²) >= 11 is 0. The fourth-order valence-corrected chi connectivity index (χ4v) is 5.47. The predicted octanol–water partition coefficient (Wildman–Crippen LogP) is 2.51. The van der Waals surface area contributed by atoms with Crippen LogP contribution in [-0.2, 0) is 24.4 Å². The maximum Gasteiger partial charge on any atom is 0.323 e. The molecule has 0 radical (unpaired) electrons. The normalized spacial score (nSPS) is 15.9. The highest BCUT2D eigenvalue weighted by atomic mass is 32.2. The second-order valence-electron chi connectivity index (χ2n) is 8.81. The molecule has 1 amide bonds. The number of carboxylic acids is 1. The molecule has 12 heteroatoms. The third-order valence-electron chi connectivity index (χ3n) is 6.02. The SMILES string of the molecule is O=C(NC[C@H](NS(=O)(=O)c1cccc2ccccc12)C(=O)O)C1=NOC(CCCCNc2ccccn2)C1. The molecule has 0 spiro atoms. The van der Waals surface area contributed by atoms with Gasteiger partial charge in [-0.05, 0) is 42.8 Å². The van der Waals surface area contributed by atoms with Crippen LogP contribution in [-0.4, -0.2) is 61.3 Å². The summed E-state index contributed by atoms with van der Waals surface area (Å²) in [6.45, 7) is 0.296. The largest absolute Gasteiger partial charge is 0.480 e. The van der Waals surface area contributed by atoms with Gasteiger partial charge in [0.05, 0.1) is 4.90 Å². The molecule has 2 heterocycles. The lowest BCUT2D eigenvalue weighted by atomic mass is 10.1. The lowest BCUT2D eigenvalue weighted by molar-refractivity contribution is -0.138. The van der Waals surface area contributed by atoms with Crippen molar-refractivity contribution in [3.63, 3.8) is 0 Å². The molecule has 3 aromatic rings. The molecule has 1 unspecified atom stereocenters. The molecular weight excluding hydrogens is 510 g/mol. The Kier molecular flexibility index (Phi) is 8.87. The average Bonchev–Trinajstić information content (AvgIpc) is 3.40. The molecule has 1 aliphatic rings. The molecule has 11 nitrogen and oxygen atoms in total. The van der Waals surface area contributed by atoms with Crippen LogP contribution in [0.5, 0.6) is 0 Å². The second kappa shape index (κ2) is 12.5. The molecule has 0 aliphatic carbocycles. The number of nitrogens with zero attached hydrogens (tertiary/aromatic N) is 2. The highest BCUT2D eigenvalue weighted by molar-refractivity contribution is 7.89. The van der Waals surface area contributed by atoms with Crippen molar-refractivity contribution in [3.05, 3.63) is 66.9 Å². The van der Waals surface area contributed by atoms with E-state index in [0.29, 0.717) is 23.6 Å². The van der Waals surface area contributed by atoms with E-state index in [0.717, 1.165) is 25.2 Å². The molecule has 4 rings (SSSR count). The van der Waals surface area contributed by atoms with Crippen LogP contribution in [0.15, 0.2) is 76.9 Å². The Labute approximate surface area is 220 Å². The number of hydrogen-bond acceptors (Lipinski definition) is 8. The maximum absolute atomic E-state index is 13.0. The van der Waals surface area contributed by atoms with Crippen LogP contribution in [0, 0.1) is 0 Å². The molecule has 200 valence electrons. The smallest absolute Gasteiger partial charge is 0.323 e. The molecular formula is C26H29N5O6S. The number of aromatic nitrogens is 1. The summed E-state index contributed by atoms with van der Waals surface area (Å²) in [5, 5.41) is 20.3. The van der Waals surface area contributed by atoms with Crippen LogP contribution in [0.25, 0.3) is 10.8 Å². The number of benzene rings is 2. The topological polar surface area (TPSA) is 159 Å². The van der Waals surface area contributed by atoms with Crippen molar-refractivity contribution in [1.29, 1.82) is 0 Å². The summed E-state index contributed by atoms with van der Waals surface area (Å²) in [4.78, 5) is 33.8. The van der Waals surface area contributed by atoms with Crippen molar-refractivity contribution in [2.75, 3.05) is 18.4 Å². The summed E-state index contributed by atoms with van der Waals surface area (Å²) < 4.78 is 28.2. The summed E-state index contributed by atoms with van der Waals surface area (Å²) in [5.41, 5.74) is 0.141. The molecule has 1 aromatic heterocycles. The molecule has 0 bridgehead atoms. The van der Waals surface area contributed by atoms with E-state index >= 15 is 0 Å². The van der Waals surface area contributed by atoms with Gasteiger partial charge in [0.1, 0.15) is 23.7 Å². The Morgan fingerprint density at radius 1 is 1.05 bits per heavy atom. The van der Waals surface area contributed by atoms with Gasteiger partial charge in [0.2, 0.25) is 10.0 Å². The van der Waals surface area contributed by atoms with E-state index in [-0.39, 0.29) is 16.7 Å². The number of sulfonamides is 1. The third kappa shape index (κ3) is 7.05. The lowest BCUT2D eigenvalue weighted by Crippen LogP contribution is -2.49. The fourth-order valence-electron chi connectivity index (χ4n) is 4.06. The standard InChI is InChI=1S/C26H29N5O6S/c32-25(21-16-19(37-30-21)10-3-5-14-27-24-13-4-6-15-28-24)29-17-22(26(33)34)31-38(35,36)23-12-7-9-18-8-1-2-11-20(18)23/h1-2,4,6-9,11-13,15,19,22,31H,3,5,10,14,16-17H2,(H,27,28)(H,29,32)(H,33,34)/t19?,22-/m0/s1. The van der Waals surface area contributed by atoms with E-state index in [2.05, 4.69) is 25.5 Å². The van der Waals surface area contributed by atoms with E-state index < -0.39 is 34.5 Å². The van der Waals surface area contributed by atoms with Gasteiger partial charge >= 0.3 is 5.97 Å². The Morgan fingerprint density at radius 2 is 1.84 bits per heavy atom. The monoisotopic (exact) mass is 539 g/mol.